The van der Waals surface area contributed by atoms with E-state index in [0.29, 0.717) is 23.3 Å². The molecule has 2 heterocycles. The first-order chi connectivity index (χ1) is 12.2. The first kappa shape index (κ1) is 18.1. The zero-order valence-electron chi connectivity index (χ0n) is 14.9. The number of hydrogen-bond acceptors (Lipinski definition) is 6. The number of nitro groups is 1. The van der Waals surface area contributed by atoms with Crippen molar-refractivity contribution in [1.29, 1.82) is 0 Å². The molecule has 2 aliphatic heterocycles. The molecule has 140 valence electrons. The van der Waals surface area contributed by atoms with E-state index in [9.17, 15) is 19.7 Å². The van der Waals surface area contributed by atoms with Crippen molar-refractivity contribution in [2.45, 2.75) is 45.9 Å². The molecule has 2 aliphatic rings. The summed E-state index contributed by atoms with van der Waals surface area (Å²) in [5.41, 5.74) is -0.173. The number of amides is 3. The van der Waals surface area contributed by atoms with E-state index in [1.807, 2.05) is 13.8 Å². The molecule has 1 fully saturated rings. The summed E-state index contributed by atoms with van der Waals surface area (Å²) in [6.45, 7) is 5.73. The molecule has 9 nitrogen and oxygen atoms in total. The van der Waals surface area contributed by atoms with Gasteiger partial charge >= 0.3 is 6.03 Å². The molecular formula is C17H21N3O6. The normalized spacial score (nSPS) is 22.2. The smallest absolute Gasteiger partial charge is 0.325 e. The van der Waals surface area contributed by atoms with Crippen LogP contribution in [0.1, 0.15) is 38.3 Å². The molecule has 0 spiro atoms. The Balaban J connectivity index is 1.93. The standard InChI is InChI=1S/C17H21N3O6/c1-10(2)6-17(3)15(21)19(16(22)18-17)7-11-4-13(20(23)24)5-12-8-25-9-26-14(11)12/h4-5,10H,6-9H2,1-3H3,(H,18,22)/t17-/m0/s1. The van der Waals surface area contributed by atoms with E-state index >= 15 is 0 Å². The van der Waals surface area contributed by atoms with Crippen molar-refractivity contribution >= 4 is 17.6 Å². The summed E-state index contributed by atoms with van der Waals surface area (Å²) in [6, 6.07) is 2.21. The summed E-state index contributed by atoms with van der Waals surface area (Å²) in [5, 5.41) is 13.9. The second-order valence-electron chi connectivity index (χ2n) is 7.21. The molecule has 0 radical (unpaired) electrons. The lowest BCUT2D eigenvalue weighted by Crippen LogP contribution is -2.44. The van der Waals surface area contributed by atoms with Gasteiger partial charge in [0.25, 0.3) is 11.6 Å². The third-order valence-corrected chi connectivity index (χ3v) is 4.47. The van der Waals surface area contributed by atoms with E-state index in [0.717, 1.165) is 4.90 Å². The van der Waals surface area contributed by atoms with Gasteiger partial charge in [0.05, 0.1) is 18.1 Å². The molecule has 1 aromatic rings. The van der Waals surface area contributed by atoms with Gasteiger partial charge in [0.15, 0.2) is 6.79 Å². The molecule has 0 saturated carbocycles. The molecule has 3 amide bonds. The molecule has 3 rings (SSSR count). The highest BCUT2D eigenvalue weighted by molar-refractivity contribution is 6.06. The number of benzene rings is 1. The number of carbonyl (C=O) groups is 2. The molecule has 1 N–H and O–H groups in total. The minimum Gasteiger partial charge on any atom is -0.467 e. The van der Waals surface area contributed by atoms with Gasteiger partial charge in [-0.3, -0.25) is 19.8 Å². The van der Waals surface area contributed by atoms with E-state index < -0.39 is 16.5 Å². The van der Waals surface area contributed by atoms with Crippen LogP contribution in [0.2, 0.25) is 0 Å². The van der Waals surface area contributed by atoms with E-state index in [2.05, 4.69) is 5.32 Å². The Bertz CT molecular complexity index is 778. The summed E-state index contributed by atoms with van der Waals surface area (Å²) >= 11 is 0. The zero-order valence-corrected chi connectivity index (χ0v) is 14.9. The second kappa shape index (κ2) is 6.56. The number of fused-ring (bicyclic) bond motifs is 1. The van der Waals surface area contributed by atoms with Crippen LogP contribution in [-0.2, 0) is 22.7 Å². The molecule has 1 saturated heterocycles. The predicted octanol–water partition coefficient (Wildman–Crippen LogP) is 2.32. The minimum absolute atomic E-state index is 0.0169. The molecule has 1 aromatic carbocycles. The van der Waals surface area contributed by atoms with E-state index in [1.165, 1.54) is 12.1 Å². The van der Waals surface area contributed by atoms with Crippen molar-refractivity contribution in [2.24, 2.45) is 5.92 Å². The Morgan fingerprint density at radius 2 is 2.12 bits per heavy atom. The van der Waals surface area contributed by atoms with Crippen LogP contribution in [-0.4, -0.2) is 34.1 Å². The van der Waals surface area contributed by atoms with Crippen LogP contribution in [0, 0.1) is 16.0 Å². The van der Waals surface area contributed by atoms with Gasteiger partial charge in [0.1, 0.15) is 11.3 Å². The number of carbonyl (C=O) groups excluding carboxylic acids is 2. The number of hydrogen-bond donors (Lipinski definition) is 1. The van der Waals surface area contributed by atoms with Crippen molar-refractivity contribution in [3.63, 3.8) is 0 Å². The fraction of sp³-hybridized carbons (Fsp3) is 0.529. The average Bonchev–Trinajstić information content (AvgIpc) is 2.76. The Morgan fingerprint density at radius 1 is 1.38 bits per heavy atom. The van der Waals surface area contributed by atoms with Crippen LogP contribution in [0.25, 0.3) is 0 Å². The van der Waals surface area contributed by atoms with Gasteiger partial charge in [-0.25, -0.2) is 4.79 Å². The average molecular weight is 363 g/mol. The minimum atomic E-state index is -0.976. The first-order valence-corrected chi connectivity index (χ1v) is 8.36. The quantitative estimate of drug-likeness (QED) is 0.488. The molecule has 9 heteroatoms. The van der Waals surface area contributed by atoms with E-state index in [-0.39, 0.29) is 37.5 Å². The van der Waals surface area contributed by atoms with Gasteiger partial charge in [-0.05, 0) is 19.3 Å². The van der Waals surface area contributed by atoms with Crippen LogP contribution < -0.4 is 10.1 Å². The molecule has 0 aliphatic carbocycles. The van der Waals surface area contributed by atoms with E-state index in [4.69, 9.17) is 9.47 Å². The number of nitro benzene ring substituents is 1. The van der Waals surface area contributed by atoms with Crippen LogP contribution in [0.4, 0.5) is 10.5 Å². The lowest BCUT2D eigenvalue weighted by atomic mass is 9.91. The molecule has 0 bridgehead atoms. The SMILES string of the molecule is CC(C)C[C@]1(C)NC(=O)N(Cc2cc([N+](=O)[O-])cc3c2OCOC3)C1=O. The first-order valence-electron chi connectivity index (χ1n) is 8.36. The molecule has 26 heavy (non-hydrogen) atoms. The number of nitrogens with one attached hydrogen (secondary N) is 1. The van der Waals surface area contributed by atoms with Gasteiger partial charge in [-0.15, -0.1) is 0 Å². The van der Waals surface area contributed by atoms with E-state index in [1.54, 1.807) is 6.92 Å². The monoisotopic (exact) mass is 363 g/mol. The Hall–Kier alpha value is -2.68. The number of nitrogens with zero attached hydrogens (tertiary/aromatic N) is 2. The largest absolute Gasteiger partial charge is 0.467 e. The number of imide groups is 1. The fourth-order valence-corrected chi connectivity index (χ4v) is 3.52. The van der Waals surface area contributed by atoms with Crippen LogP contribution in [0.5, 0.6) is 5.75 Å². The second-order valence-corrected chi connectivity index (χ2v) is 7.21. The third kappa shape index (κ3) is 3.22. The predicted molar refractivity (Wildman–Crippen MR) is 90.3 cm³/mol. The molecule has 0 unspecified atom stereocenters. The number of rotatable bonds is 5. The lowest BCUT2D eigenvalue weighted by molar-refractivity contribution is -0.385. The van der Waals surface area contributed by atoms with Gasteiger partial charge in [-0.2, -0.15) is 0 Å². The lowest BCUT2D eigenvalue weighted by Gasteiger charge is -2.24. The van der Waals surface area contributed by atoms with Crippen molar-refractivity contribution in [3.8, 4) is 5.75 Å². The fourth-order valence-electron chi connectivity index (χ4n) is 3.52. The highest BCUT2D eigenvalue weighted by Gasteiger charge is 2.48. The summed E-state index contributed by atoms with van der Waals surface area (Å²) in [6.07, 6.45) is 0.505. The van der Waals surface area contributed by atoms with Crippen molar-refractivity contribution in [1.82, 2.24) is 10.2 Å². The molecule has 1 atom stereocenters. The summed E-state index contributed by atoms with van der Waals surface area (Å²) < 4.78 is 10.6. The third-order valence-electron chi connectivity index (χ3n) is 4.47. The van der Waals surface area contributed by atoms with Gasteiger partial charge in [0.2, 0.25) is 0 Å². The maximum Gasteiger partial charge on any atom is 0.325 e. The van der Waals surface area contributed by atoms with Crippen LogP contribution in [0.3, 0.4) is 0 Å². The Morgan fingerprint density at radius 3 is 2.77 bits per heavy atom. The topological polar surface area (TPSA) is 111 Å². The maximum absolute atomic E-state index is 12.8. The molecular weight excluding hydrogens is 342 g/mol. The summed E-state index contributed by atoms with van der Waals surface area (Å²) in [5.74, 6) is 0.304. The Kier molecular flexibility index (Phi) is 4.57. The van der Waals surface area contributed by atoms with Gasteiger partial charge in [0, 0.05) is 23.3 Å². The molecule has 0 aromatic heterocycles. The Labute approximate surface area is 150 Å². The maximum atomic E-state index is 12.8. The van der Waals surface area contributed by atoms with Crippen molar-refractivity contribution in [3.05, 3.63) is 33.4 Å². The summed E-state index contributed by atoms with van der Waals surface area (Å²) in [7, 11) is 0. The number of ether oxygens (including phenoxy) is 2. The van der Waals surface area contributed by atoms with Crippen LogP contribution in [0.15, 0.2) is 12.1 Å². The number of non-ortho nitro benzene ring substituents is 1. The van der Waals surface area contributed by atoms with Crippen molar-refractivity contribution in [2.75, 3.05) is 6.79 Å². The number of urea groups is 1. The van der Waals surface area contributed by atoms with Crippen molar-refractivity contribution < 1.29 is 24.0 Å². The highest BCUT2D eigenvalue weighted by atomic mass is 16.7. The van der Waals surface area contributed by atoms with Gasteiger partial charge < -0.3 is 14.8 Å². The highest BCUT2D eigenvalue weighted by Crippen LogP contribution is 2.35. The van der Waals surface area contributed by atoms with Crippen LogP contribution >= 0.6 is 0 Å². The summed E-state index contributed by atoms with van der Waals surface area (Å²) in [4.78, 5) is 36.9. The van der Waals surface area contributed by atoms with Gasteiger partial charge in [-0.1, -0.05) is 13.8 Å². The zero-order chi connectivity index (χ0) is 19.1.